The highest BCUT2D eigenvalue weighted by atomic mass is 14.7. The third kappa shape index (κ3) is 3.01. The van der Waals surface area contributed by atoms with Crippen molar-refractivity contribution in [3.05, 3.63) is 90.3 Å². The lowest BCUT2D eigenvalue weighted by molar-refractivity contribution is 1.30. The molecule has 1 heteroatoms. The first-order chi connectivity index (χ1) is 9.92. The SMILES string of the molecule is C(=C\c1cc(-c2ccccc2)ccn1)/c1ccccc1. The van der Waals surface area contributed by atoms with E-state index in [0.29, 0.717) is 0 Å². The van der Waals surface area contributed by atoms with Crippen LogP contribution in [0, 0.1) is 0 Å². The van der Waals surface area contributed by atoms with E-state index in [4.69, 9.17) is 0 Å². The summed E-state index contributed by atoms with van der Waals surface area (Å²) < 4.78 is 0. The molecular formula is C19H15N. The zero-order chi connectivity index (χ0) is 13.6. The second-order valence-corrected chi connectivity index (χ2v) is 4.58. The van der Waals surface area contributed by atoms with Gasteiger partial charge in [-0.1, -0.05) is 66.7 Å². The van der Waals surface area contributed by atoms with Gasteiger partial charge >= 0.3 is 0 Å². The maximum Gasteiger partial charge on any atom is 0.0636 e. The van der Waals surface area contributed by atoms with Crippen molar-refractivity contribution in [1.82, 2.24) is 4.98 Å². The lowest BCUT2D eigenvalue weighted by Gasteiger charge is -2.02. The van der Waals surface area contributed by atoms with Crippen molar-refractivity contribution in [2.24, 2.45) is 0 Å². The minimum absolute atomic E-state index is 0.968. The number of hydrogen-bond acceptors (Lipinski definition) is 1. The van der Waals surface area contributed by atoms with Crippen LogP contribution in [-0.2, 0) is 0 Å². The summed E-state index contributed by atoms with van der Waals surface area (Å²) in [7, 11) is 0. The van der Waals surface area contributed by atoms with E-state index in [1.54, 1.807) is 0 Å². The number of pyridine rings is 1. The fraction of sp³-hybridized carbons (Fsp3) is 0. The van der Waals surface area contributed by atoms with Gasteiger partial charge in [-0.3, -0.25) is 4.98 Å². The van der Waals surface area contributed by atoms with E-state index in [-0.39, 0.29) is 0 Å². The van der Waals surface area contributed by atoms with Crippen LogP contribution in [0.15, 0.2) is 79.0 Å². The molecule has 0 amide bonds. The quantitative estimate of drug-likeness (QED) is 0.649. The molecule has 0 saturated heterocycles. The molecule has 1 nitrogen and oxygen atoms in total. The number of nitrogens with zero attached hydrogens (tertiary/aromatic N) is 1. The van der Waals surface area contributed by atoms with Crippen LogP contribution in [0.1, 0.15) is 11.3 Å². The van der Waals surface area contributed by atoms with Crippen LogP contribution in [0.25, 0.3) is 23.3 Å². The van der Waals surface area contributed by atoms with Crippen LogP contribution in [0.4, 0.5) is 0 Å². The van der Waals surface area contributed by atoms with Crippen molar-refractivity contribution in [2.75, 3.05) is 0 Å². The highest BCUT2D eigenvalue weighted by molar-refractivity contribution is 5.71. The van der Waals surface area contributed by atoms with Gasteiger partial charge < -0.3 is 0 Å². The van der Waals surface area contributed by atoms with Gasteiger partial charge in [-0.05, 0) is 34.9 Å². The third-order valence-corrected chi connectivity index (χ3v) is 3.13. The van der Waals surface area contributed by atoms with Crippen molar-refractivity contribution < 1.29 is 0 Å². The Kier molecular flexibility index (Phi) is 3.70. The van der Waals surface area contributed by atoms with Gasteiger partial charge in [0.2, 0.25) is 0 Å². The minimum atomic E-state index is 0.968. The summed E-state index contributed by atoms with van der Waals surface area (Å²) in [6.07, 6.45) is 5.98. The molecule has 0 atom stereocenters. The molecule has 0 aliphatic heterocycles. The van der Waals surface area contributed by atoms with E-state index in [0.717, 1.165) is 5.69 Å². The molecule has 1 heterocycles. The lowest BCUT2D eigenvalue weighted by Crippen LogP contribution is -1.83. The van der Waals surface area contributed by atoms with Gasteiger partial charge in [0.15, 0.2) is 0 Å². The summed E-state index contributed by atoms with van der Waals surface area (Å²) in [6, 6.07) is 24.7. The monoisotopic (exact) mass is 257 g/mol. The normalized spacial score (nSPS) is 10.8. The van der Waals surface area contributed by atoms with Gasteiger partial charge in [0, 0.05) is 6.20 Å². The predicted molar refractivity (Wildman–Crippen MR) is 85.0 cm³/mol. The van der Waals surface area contributed by atoms with E-state index >= 15 is 0 Å². The van der Waals surface area contributed by atoms with Crippen LogP contribution < -0.4 is 0 Å². The summed E-state index contributed by atoms with van der Waals surface area (Å²) >= 11 is 0. The fourth-order valence-corrected chi connectivity index (χ4v) is 2.10. The molecular weight excluding hydrogens is 242 g/mol. The average Bonchev–Trinajstić information content (AvgIpc) is 2.55. The molecule has 1 aromatic heterocycles. The van der Waals surface area contributed by atoms with E-state index in [2.05, 4.69) is 53.5 Å². The second kappa shape index (κ2) is 5.98. The first kappa shape index (κ1) is 12.4. The predicted octanol–water partition coefficient (Wildman–Crippen LogP) is 4.92. The number of aromatic nitrogens is 1. The Bertz CT molecular complexity index is 700. The van der Waals surface area contributed by atoms with Crippen molar-refractivity contribution in [2.45, 2.75) is 0 Å². The zero-order valence-corrected chi connectivity index (χ0v) is 11.1. The fourth-order valence-electron chi connectivity index (χ4n) is 2.10. The zero-order valence-electron chi connectivity index (χ0n) is 11.1. The summed E-state index contributed by atoms with van der Waals surface area (Å²) in [5.41, 5.74) is 4.55. The standard InChI is InChI=1S/C19H15N/c1-3-7-16(8-4-1)11-12-19-15-18(13-14-20-19)17-9-5-2-6-10-17/h1-15H/b12-11+. The largest absolute Gasteiger partial charge is 0.257 e. The maximum absolute atomic E-state index is 4.39. The first-order valence-corrected chi connectivity index (χ1v) is 6.66. The summed E-state index contributed by atoms with van der Waals surface area (Å²) in [6.45, 7) is 0. The molecule has 96 valence electrons. The van der Waals surface area contributed by atoms with E-state index in [1.165, 1.54) is 16.7 Å². The first-order valence-electron chi connectivity index (χ1n) is 6.66. The molecule has 0 radical (unpaired) electrons. The molecule has 3 aromatic rings. The Balaban J connectivity index is 1.87. The molecule has 2 aromatic carbocycles. The minimum Gasteiger partial charge on any atom is -0.257 e. The second-order valence-electron chi connectivity index (χ2n) is 4.58. The molecule has 0 N–H and O–H groups in total. The van der Waals surface area contributed by atoms with Crippen molar-refractivity contribution >= 4 is 12.2 Å². The summed E-state index contributed by atoms with van der Waals surface area (Å²) in [5, 5.41) is 0. The number of rotatable bonds is 3. The van der Waals surface area contributed by atoms with Gasteiger partial charge in [0.05, 0.1) is 5.69 Å². The van der Waals surface area contributed by atoms with E-state index in [1.807, 2.05) is 42.6 Å². The average molecular weight is 257 g/mol. The highest BCUT2D eigenvalue weighted by Gasteiger charge is 1.97. The van der Waals surface area contributed by atoms with Gasteiger partial charge in [-0.15, -0.1) is 0 Å². The molecule has 0 unspecified atom stereocenters. The van der Waals surface area contributed by atoms with Crippen LogP contribution in [-0.4, -0.2) is 4.98 Å². The maximum atomic E-state index is 4.39. The van der Waals surface area contributed by atoms with Crippen molar-refractivity contribution in [3.63, 3.8) is 0 Å². The Labute approximate surface area is 119 Å². The topological polar surface area (TPSA) is 12.9 Å². The molecule has 3 rings (SSSR count). The van der Waals surface area contributed by atoms with E-state index < -0.39 is 0 Å². The van der Waals surface area contributed by atoms with Gasteiger partial charge in [-0.25, -0.2) is 0 Å². The van der Waals surface area contributed by atoms with Gasteiger partial charge in [0.1, 0.15) is 0 Å². The Morgan fingerprint density at radius 2 is 1.35 bits per heavy atom. The molecule has 0 fully saturated rings. The molecule has 20 heavy (non-hydrogen) atoms. The molecule has 0 saturated carbocycles. The molecule has 0 aliphatic rings. The number of benzene rings is 2. The highest BCUT2D eigenvalue weighted by Crippen LogP contribution is 2.19. The Hall–Kier alpha value is -2.67. The third-order valence-electron chi connectivity index (χ3n) is 3.13. The van der Waals surface area contributed by atoms with E-state index in [9.17, 15) is 0 Å². The van der Waals surface area contributed by atoms with Crippen LogP contribution in [0.3, 0.4) is 0 Å². The molecule has 0 aliphatic carbocycles. The van der Waals surface area contributed by atoms with Crippen molar-refractivity contribution in [3.8, 4) is 11.1 Å². The smallest absolute Gasteiger partial charge is 0.0636 e. The van der Waals surface area contributed by atoms with Gasteiger partial charge in [0.25, 0.3) is 0 Å². The van der Waals surface area contributed by atoms with Crippen LogP contribution in [0.5, 0.6) is 0 Å². The summed E-state index contributed by atoms with van der Waals surface area (Å²) in [5.74, 6) is 0. The Morgan fingerprint density at radius 3 is 2.10 bits per heavy atom. The van der Waals surface area contributed by atoms with Crippen molar-refractivity contribution in [1.29, 1.82) is 0 Å². The Morgan fingerprint density at radius 1 is 0.650 bits per heavy atom. The molecule has 0 spiro atoms. The lowest BCUT2D eigenvalue weighted by atomic mass is 10.1. The molecule has 0 bridgehead atoms. The van der Waals surface area contributed by atoms with Crippen LogP contribution in [0.2, 0.25) is 0 Å². The van der Waals surface area contributed by atoms with Crippen LogP contribution >= 0.6 is 0 Å². The summed E-state index contributed by atoms with van der Waals surface area (Å²) in [4.78, 5) is 4.39. The number of hydrogen-bond donors (Lipinski definition) is 0. The van der Waals surface area contributed by atoms with Gasteiger partial charge in [-0.2, -0.15) is 0 Å².